The zero-order chi connectivity index (χ0) is 20.1. The fourth-order valence-electron chi connectivity index (χ4n) is 2.88. The molecule has 1 amide bonds. The molecule has 3 aromatic rings. The number of nitrogens with zero attached hydrogens (tertiary/aromatic N) is 3. The third-order valence-corrected chi connectivity index (χ3v) is 4.37. The molecule has 0 fully saturated rings. The minimum atomic E-state index is -0.257. The second kappa shape index (κ2) is 8.75. The molecule has 1 heterocycles. The number of carbonyl (C=O) groups excluding carboxylic acids is 1. The monoisotopic (exact) mass is 400 g/mol. The molecule has 7 nitrogen and oxygen atoms in total. The van der Waals surface area contributed by atoms with E-state index in [9.17, 15) is 4.79 Å². The van der Waals surface area contributed by atoms with Gasteiger partial charge in [-0.05, 0) is 43.7 Å². The quantitative estimate of drug-likeness (QED) is 0.486. The van der Waals surface area contributed by atoms with Crippen LogP contribution < -0.4 is 14.9 Å². The van der Waals surface area contributed by atoms with E-state index in [4.69, 9.17) is 21.1 Å². The van der Waals surface area contributed by atoms with Crippen LogP contribution in [0.5, 0.6) is 11.5 Å². The number of aromatic nitrogens is 2. The maximum atomic E-state index is 12.3. The van der Waals surface area contributed by atoms with Gasteiger partial charge in [-0.1, -0.05) is 23.7 Å². The maximum absolute atomic E-state index is 12.3. The van der Waals surface area contributed by atoms with Crippen molar-refractivity contribution in [3.8, 4) is 11.5 Å². The SMILES string of the molecule is CCOc1cc(/C=N\NC(=O)Cn2c(C)nc3ccccc32)cc(Cl)c1OC. The van der Waals surface area contributed by atoms with Gasteiger partial charge in [0.05, 0.1) is 36.0 Å². The minimum absolute atomic E-state index is 0.122. The van der Waals surface area contributed by atoms with Gasteiger partial charge in [0.1, 0.15) is 12.4 Å². The Bertz CT molecular complexity index is 1030. The summed E-state index contributed by atoms with van der Waals surface area (Å²) in [5.74, 6) is 1.49. The van der Waals surface area contributed by atoms with E-state index in [1.54, 1.807) is 12.1 Å². The number of carbonyl (C=O) groups is 1. The number of hydrazone groups is 1. The first-order chi connectivity index (χ1) is 13.5. The van der Waals surface area contributed by atoms with E-state index < -0.39 is 0 Å². The lowest BCUT2D eigenvalue weighted by Crippen LogP contribution is -2.23. The van der Waals surface area contributed by atoms with Crippen LogP contribution in [-0.2, 0) is 11.3 Å². The first kappa shape index (κ1) is 19.7. The third-order valence-electron chi connectivity index (χ3n) is 4.09. The van der Waals surface area contributed by atoms with Crippen molar-refractivity contribution in [1.82, 2.24) is 15.0 Å². The number of hydrogen-bond acceptors (Lipinski definition) is 5. The minimum Gasteiger partial charge on any atom is -0.491 e. The van der Waals surface area contributed by atoms with Crippen molar-refractivity contribution in [2.24, 2.45) is 5.10 Å². The molecule has 0 atom stereocenters. The topological polar surface area (TPSA) is 77.7 Å². The highest BCUT2D eigenvalue weighted by atomic mass is 35.5. The van der Waals surface area contributed by atoms with Crippen LogP contribution in [0.4, 0.5) is 0 Å². The molecule has 0 spiro atoms. The zero-order valence-corrected chi connectivity index (χ0v) is 16.7. The summed E-state index contributed by atoms with van der Waals surface area (Å²) in [5.41, 5.74) is 4.97. The van der Waals surface area contributed by atoms with Crippen LogP contribution in [0.2, 0.25) is 5.02 Å². The Labute approximate surface area is 167 Å². The van der Waals surface area contributed by atoms with Crippen LogP contribution in [-0.4, -0.2) is 35.4 Å². The smallest absolute Gasteiger partial charge is 0.260 e. The van der Waals surface area contributed by atoms with Crippen molar-refractivity contribution >= 4 is 34.8 Å². The Morgan fingerprint density at radius 2 is 2.14 bits per heavy atom. The summed E-state index contributed by atoms with van der Waals surface area (Å²) in [7, 11) is 1.53. The highest BCUT2D eigenvalue weighted by Gasteiger charge is 2.12. The molecule has 1 aromatic heterocycles. The van der Waals surface area contributed by atoms with E-state index >= 15 is 0 Å². The standard InChI is InChI=1S/C20H21ClN4O3/c1-4-28-18-10-14(9-15(21)20(18)27-3)11-22-24-19(26)12-25-13(2)23-16-7-5-6-8-17(16)25/h5-11H,4,12H2,1-3H3,(H,24,26)/b22-11-. The lowest BCUT2D eigenvalue weighted by atomic mass is 10.2. The van der Waals surface area contributed by atoms with Gasteiger partial charge in [-0.3, -0.25) is 4.79 Å². The number of amides is 1. The van der Waals surface area contributed by atoms with Crippen LogP contribution in [0.3, 0.4) is 0 Å². The Hall–Kier alpha value is -3.06. The summed E-state index contributed by atoms with van der Waals surface area (Å²) in [4.78, 5) is 16.7. The van der Waals surface area contributed by atoms with Crippen molar-refractivity contribution in [2.75, 3.05) is 13.7 Å². The van der Waals surface area contributed by atoms with Gasteiger partial charge < -0.3 is 14.0 Å². The van der Waals surface area contributed by atoms with Crippen LogP contribution in [0.1, 0.15) is 18.3 Å². The number of aryl methyl sites for hydroxylation is 1. The zero-order valence-electron chi connectivity index (χ0n) is 15.9. The molecule has 0 aliphatic carbocycles. The van der Waals surface area contributed by atoms with Crippen molar-refractivity contribution in [3.63, 3.8) is 0 Å². The van der Waals surface area contributed by atoms with Gasteiger partial charge in [-0.15, -0.1) is 0 Å². The number of halogens is 1. The molecule has 0 bridgehead atoms. The molecule has 28 heavy (non-hydrogen) atoms. The molecular formula is C20H21ClN4O3. The average Bonchev–Trinajstić information content (AvgIpc) is 2.97. The van der Waals surface area contributed by atoms with Gasteiger partial charge in [0, 0.05) is 0 Å². The average molecular weight is 401 g/mol. The van der Waals surface area contributed by atoms with Gasteiger partial charge in [0.15, 0.2) is 11.5 Å². The van der Waals surface area contributed by atoms with Gasteiger partial charge in [-0.25, -0.2) is 10.4 Å². The Morgan fingerprint density at radius 1 is 1.36 bits per heavy atom. The number of para-hydroxylation sites is 2. The number of rotatable bonds is 7. The number of imidazole rings is 1. The predicted octanol–water partition coefficient (Wildman–Crippen LogP) is 3.56. The number of fused-ring (bicyclic) bond motifs is 1. The molecule has 0 radical (unpaired) electrons. The van der Waals surface area contributed by atoms with E-state index in [-0.39, 0.29) is 12.5 Å². The summed E-state index contributed by atoms with van der Waals surface area (Å²) in [5, 5.41) is 4.42. The molecule has 0 aliphatic rings. The lowest BCUT2D eigenvalue weighted by molar-refractivity contribution is -0.121. The Morgan fingerprint density at radius 3 is 2.89 bits per heavy atom. The molecule has 3 rings (SSSR count). The fraction of sp³-hybridized carbons (Fsp3) is 0.250. The Kier molecular flexibility index (Phi) is 6.16. The first-order valence-corrected chi connectivity index (χ1v) is 9.15. The van der Waals surface area contributed by atoms with Crippen molar-refractivity contribution in [2.45, 2.75) is 20.4 Å². The molecule has 2 aromatic carbocycles. The number of nitrogens with one attached hydrogen (secondary N) is 1. The van der Waals surface area contributed by atoms with Crippen molar-refractivity contribution < 1.29 is 14.3 Å². The van der Waals surface area contributed by atoms with Gasteiger partial charge in [0.2, 0.25) is 0 Å². The number of benzene rings is 2. The van der Waals surface area contributed by atoms with Crippen LogP contribution in [0.15, 0.2) is 41.5 Å². The van der Waals surface area contributed by atoms with Crippen LogP contribution in [0.25, 0.3) is 11.0 Å². The summed E-state index contributed by atoms with van der Waals surface area (Å²) in [6.45, 7) is 4.33. The number of methoxy groups -OCH3 is 1. The second-order valence-electron chi connectivity index (χ2n) is 5.99. The predicted molar refractivity (Wildman–Crippen MR) is 109 cm³/mol. The largest absolute Gasteiger partial charge is 0.491 e. The molecule has 0 aliphatic heterocycles. The highest BCUT2D eigenvalue weighted by Crippen LogP contribution is 2.35. The first-order valence-electron chi connectivity index (χ1n) is 8.77. The molecule has 0 saturated heterocycles. The number of hydrogen-bond donors (Lipinski definition) is 1. The van der Waals surface area contributed by atoms with E-state index in [0.717, 1.165) is 16.9 Å². The lowest BCUT2D eigenvalue weighted by Gasteiger charge is -2.11. The summed E-state index contributed by atoms with van der Waals surface area (Å²) < 4.78 is 12.6. The molecule has 0 unspecified atom stereocenters. The van der Waals surface area contributed by atoms with E-state index in [1.165, 1.54) is 13.3 Å². The van der Waals surface area contributed by atoms with Gasteiger partial charge in [-0.2, -0.15) is 5.10 Å². The number of ether oxygens (including phenoxy) is 2. The Balaban J connectivity index is 1.70. The van der Waals surface area contributed by atoms with E-state index in [1.807, 2.05) is 42.7 Å². The summed E-state index contributed by atoms with van der Waals surface area (Å²) in [6, 6.07) is 11.1. The normalized spacial score (nSPS) is 11.1. The second-order valence-corrected chi connectivity index (χ2v) is 6.40. The summed E-state index contributed by atoms with van der Waals surface area (Å²) in [6.07, 6.45) is 1.50. The molecule has 1 N–H and O–H groups in total. The molecule has 8 heteroatoms. The summed E-state index contributed by atoms with van der Waals surface area (Å²) >= 11 is 6.22. The highest BCUT2D eigenvalue weighted by molar-refractivity contribution is 6.32. The van der Waals surface area contributed by atoms with Gasteiger partial charge in [0.25, 0.3) is 5.91 Å². The van der Waals surface area contributed by atoms with Gasteiger partial charge >= 0.3 is 0 Å². The van der Waals surface area contributed by atoms with Crippen LogP contribution in [0, 0.1) is 6.92 Å². The third kappa shape index (κ3) is 4.26. The van der Waals surface area contributed by atoms with Crippen LogP contribution >= 0.6 is 11.6 Å². The maximum Gasteiger partial charge on any atom is 0.260 e. The van der Waals surface area contributed by atoms with Crippen molar-refractivity contribution in [3.05, 3.63) is 52.8 Å². The fourth-order valence-corrected chi connectivity index (χ4v) is 3.17. The van der Waals surface area contributed by atoms with Crippen molar-refractivity contribution in [1.29, 1.82) is 0 Å². The van der Waals surface area contributed by atoms with E-state index in [2.05, 4.69) is 15.5 Å². The van der Waals surface area contributed by atoms with E-state index in [0.29, 0.717) is 28.7 Å². The molecule has 146 valence electrons. The molecular weight excluding hydrogens is 380 g/mol. The molecule has 0 saturated carbocycles.